The Labute approximate surface area is 124 Å². The highest BCUT2D eigenvalue weighted by Crippen LogP contribution is 2.54. The summed E-state index contributed by atoms with van der Waals surface area (Å²) in [5, 5.41) is 2.17. The molecule has 0 spiro atoms. The fourth-order valence-corrected chi connectivity index (χ4v) is 5.65. The van der Waals surface area contributed by atoms with Crippen LogP contribution in [0.5, 0.6) is 0 Å². The van der Waals surface area contributed by atoms with Crippen LogP contribution in [-0.2, 0) is 4.79 Å². The summed E-state index contributed by atoms with van der Waals surface area (Å²) in [4.78, 5) is 19.6. The average molecular weight is 290 g/mol. The highest BCUT2D eigenvalue weighted by atomic mass is 32.1. The number of nitrogens with zero attached hydrogens (tertiary/aromatic N) is 2. The van der Waals surface area contributed by atoms with E-state index >= 15 is 0 Å². The predicted octanol–water partition coefficient (Wildman–Crippen LogP) is 2.75. The maximum Gasteiger partial charge on any atom is 0.150 e. The number of piperidine rings is 2. The summed E-state index contributed by atoms with van der Waals surface area (Å²) in [6, 6.07) is 4.39. The van der Waals surface area contributed by atoms with Crippen LogP contribution in [0.4, 0.5) is 0 Å². The number of carbonyl (C=O) groups is 1. The van der Waals surface area contributed by atoms with E-state index in [9.17, 15) is 4.79 Å². The van der Waals surface area contributed by atoms with Gasteiger partial charge in [0.1, 0.15) is 5.78 Å². The molecule has 0 N–H and O–H groups in total. The second kappa shape index (κ2) is 4.15. The van der Waals surface area contributed by atoms with Crippen molar-refractivity contribution in [2.45, 2.75) is 32.9 Å². The van der Waals surface area contributed by atoms with E-state index in [0.29, 0.717) is 11.9 Å². The van der Waals surface area contributed by atoms with E-state index in [2.05, 4.69) is 41.2 Å². The van der Waals surface area contributed by atoms with Crippen molar-refractivity contribution < 1.29 is 4.79 Å². The number of carbonyl (C=O) groups excluding carboxylic acids is 1. The lowest BCUT2D eigenvalue weighted by molar-refractivity contribution is -0.203. The first-order chi connectivity index (χ1) is 9.64. The Morgan fingerprint density at radius 2 is 1.70 bits per heavy atom. The normalized spacial score (nSPS) is 46.1. The summed E-state index contributed by atoms with van der Waals surface area (Å²) >= 11 is 1.85. The third kappa shape index (κ3) is 1.45. The van der Waals surface area contributed by atoms with E-state index in [1.165, 1.54) is 4.88 Å². The molecule has 5 rings (SSSR count). The minimum absolute atomic E-state index is 0.0970. The Bertz CT molecular complexity index is 497. The summed E-state index contributed by atoms with van der Waals surface area (Å²) in [5.74, 6) is 0.562. The summed E-state index contributed by atoms with van der Waals surface area (Å²) in [6.07, 6.45) is 2.39. The van der Waals surface area contributed by atoms with Crippen LogP contribution in [0.15, 0.2) is 17.5 Å². The molecule has 4 heteroatoms. The molecule has 1 aromatic heterocycles. The van der Waals surface area contributed by atoms with Crippen LogP contribution in [0.2, 0.25) is 0 Å². The Morgan fingerprint density at radius 3 is 2.10 bits per heavy atom. The molecule has 4 bridgehead atoms. The molecular weight excluding hydrogens is 268 g/mol. The lowest BCUT2D eigenvalue weighted by Crippen LogP contribution is -2.76. The molecule has 4 aliphatic heterocycles. The fourth-order valence-electron chi connectivity index (χ4n) is 4.76. The SMILES string of the molecule is CCC12CN3CC(CC)(CN(C1)C3c1cccs1)C2=O. The van der Waals surface area contributed by atoms with Gasteiger partial charge >= 0.3 is 0 Å². The fraction of sp³-hybridized carbons (Fsp3) is 0.688. The zero-order chi connectivity index (χ0) is 14.0. The Balaban J connectivity index is 1.77. The lowest BCUT2D eigenvalue weighted by atomic mass is 9.58. The minimum atomic E-state index is -0.0970. The number of hydrogen-bond donors (Lipinski definition) is 0. The summed E-state index contributed by atoms with van der Waals surface area (Å²) in [7, 11) is 0. The Hall–Kier alpha value is -0.710. The highest BCUT2D eigenvalue weighted by Gasteiger charge is 2.64. The lowest BCUT2D eigenvalue weighted by Gasteiger charge is -2.66. The second-order valence-corrected chi connectivity index (χ2v) is 7.78. The largest absolute Gasteiger partial charge is 0.298 e. The van der Waals surface area contributed by atoms with E-state index in [1.807, 2.05) is 11.3 Å². The van der Waals surface area contributed by atoms with Gasteiger partial charge in [-0.2, -0.15) is 0 Å². The molecule has 1 aromatic rings. The summed E-state index contributed by atoms with van der Waals surface area (Å²) in [6.45, 7) is 8.23. The standard InChI is InChI=1S/C16H22N2OS/c1-3-15-8-17-10-16(4-2,14(15)19)11-18(9-15)13(17)12-6-5-7-20-12/h5-7,13H,3-4,8-11H2,1-2H3. The van der Waals surface area contributed by atoms with Crippen LogP contribution in [0.3, 0.4) is 0 Å². The van der Waals surface area contributed by atoms with Gasteiger partial charge in [0.2, 0.25) is 0 Å². The molecule has 4 saturated heterocycles. The zero-order valence-corrected chi connectivity index (χ0v) is 13.1. The van der Waals surface area contributed by atoms with Gasteiger partial charge in [0, 0.05) is 31.1 Å². The molecule has 108 valence electrons. The number of thiophene rings is 1. The van der Waals surface area contributed by atoms with Crippen molar-refractivity contribution in [3.8, 4) is 0 Å². The van der Waals surface area contributed by atoms with Gasteiger partial charge in [0.25, 0.3) is 0 Å². The highest BCUT2D eigenvalue weighted by molar-refractivity contribution is 7.10. The van der Waals surface area contributed by atoms with Gasteiger partial charge < -0.3 is 0 Å². The van der Waals surface area contributed by atoms with Crippen molar-refractivity contribution >= 4 is 17.1 Å². The van der Waals surface area contributed by atoms with E-state index in [-0.39, 0.29) is 10.8 Å². The Kier molecular flexibility index (Phi) is 2.70. The van der Waals surface area contributed by atoms with Crippen LogP contribution >= 0.6 is 11.3 Å². The van der Waals surface area contributed by atoms with Crippen molar-refractivity contribution in [1.82, 2.24) is 9.80 Å². The van der Waals surface area contributed by atoms with Crippen molar-refractivity contribution in [3.63, 3.8) is 0 Å². The molecule has 0 radical (unpaired) electrons. The van der Waals surface area contributed by atoms with Gasteiger partial charge in [-0.3, -0.25) is 14.6 Å². The smallest absolute Gasteiger partial charge is 0.150 e. The van der Waals surface area contributed by atoms with Crippen LogP contribution in [-0.4, -0.2) is 41.8 Å². The first kappa shape index (κ1) is 13.0. The Morgan fingerprint density at radius 1 is 1.15 bits per heavy atom. The molecule has 20 heavy (non-hydrogen) atoms. The van der Waals surface area contributed by atoms with E-state index in [1.54, 1.807) is 0 Å². The van der Waals surface area contributed by atoms with E-state index in [0.717, 1.165) is 39.0 Å². The molecular formula is C16H22N2OS. The number of rotatable bonds is 3. The van der Waals surface area contributed by atoms with Crippen molar-refractivity contribution in [3.05, 3.63) is 22.4 Å². The van der Waals surface area contributed by atoms with Crippen molar-refractivity contribution in [2.75, 3.05) is 26.2 Å². The molecule has 0 aromatic carbocycles. The van der Waals surface area contributed by atoms with Crippen LogP contribution in [0.1, 0.15) is 37.7 Å². The van der Waals surface area contributed by atoms with Crippen molar-refractivity contribution in [1.29, 1.82) is 0 Å². The summed E-state index contributed by atoms with van der Waals surface area (Å²) < 4.78 is 0. The molecule has 0 amide bonds. The maximum absolute atomic E-state index is 13.0. The third-order valence-corrected chi connectivity index (χ3v) is 6.74. The first-order valence-corrected chi connectivity index (χ1v) is 8.58. The predicted molar refractivity (Wildman–Crippen MR) is 80.7 cm³/mol. The average Bonchev–Trinajstić information content (AvgIpc) is 2.97. The zero-order valence-electron chi connectivity index (χ0n) is 12.3. The van der Waals surface area contributed by atoms with Crippen LogP contribution in [0, 0.1) is 10.8 Å². The maximum atomic E-state index is 13.0. The number of Topliss-reactive ketones (excluding diaryl/α,β-unsaturated/α-hetero) is 1. The van der Waals surface area contributed by atoms with Crippen molar-refractivity contribution in [2.24, 2.45) is 10.8 Å². The van der Waals surface area contributed by atoms with E-state index < -0.39 is 0 Å². The van der Waals surface area contributed by atoms with Crippen LogP contribution < -0.4 is 0 Å². The van der Waals surface area contributed by atoms with Gasteiger partial charge in [-0.15, -0.1) is 11.3 Å². The molecule has 5 heterocycles. The topological polar surface area (TPSA) is 23.6 Å². The first-order valence-electron chi connectivity index (χ1n) is 7.70. The van der Waals surface area contributed by atoms with Gasteiger partial charge in [-0.05, 0) is 24.3 Å². The molecule has 0 saturated carbocycles. The molecule has 4 aliphatic rings. The molecule has 0 aliphatic carbocycles. The number of ketones is 1. The number of hydrogen-bond acceptors (Lipinski definition) is 4. The van der Waals surface area contributed by atoms with Gasteiger partial charge in [0.15, 0.2) is 0 Å². The summed E-state index contributed by atoms with van der Waals surface area (Å²) in [5.41, 5.74) is -0.194. The molecule has 0 atom stereocenters. The molecule has 3 nitrogen and oxygen atoms in total. The van der Waals surface area contributed by atoms with Crippen LogP contribution in [0.25, 0.3) is 0 Å². The molecule has 4 fully saturated rings. The van der Waals surface area contributed by atoms with E-state index in [4.69, 9.17) is 0 Å². The third-order valence-electron chi connectivity index (χ3n) is 5.83. The van der Waals surface area contributed by atoms with Gasteiger partial charge in [0.05, 0.1) is 17.0 Å². The monoisotopic (exact) mass is 290 g/mol. The second-order valence-electron chi connectivity index (χ2n) is 6.80. The minimum Gasteiger partial charge on any atom is -0.298 e. The molecule has 0 unspecified atom stereocenters. The quantitative estimate of drug-likeness (QED) is 0.855. The van der Waals surface area contributed by atoms with Gasteiger partial charge in [-0.1, -0.05) is 19.9 Å². The van der Waals surface area contributed by atoms with Gasteiger partial charge in [-0.25, -0.2) is 0 Å².